The van der Waals surface area contributed by atoms with Crippen LogP contribution in [0.5, 0.6) is 0 Å². The maximum absolute atomic E-state index is 11.3. The van der Waals surface area contributed by atoms with Crippen molar-refractivity contribution >= 4 is 47.8 Å². The number of ether oxygens (including phenoxy) is 1. The van der Waals surface area contributed by atoms with Crippen LogP contribution in [0.3, 0.4) is 0 Å². The van der Waals surface area contributed by atoms with Crippen molar-refractivity contribution in [1.29, 1.82) is 0 Å². The van der Waals surface area contributed by atoms with Gasteiger partial charge in [-0.25, -0.2) is 13.2 Å². The molecule has 1 heterocycles. The fourth-order valence-electron chi connectivity index (χ4n) is 1.53. The van der Waals surface area contributed by atoms with Gasteiger partial charge < -0.3 is 10.1 Å². The first kappa shape index (κ1) is 14.2. The van der Waals surface area contributed by atoms with Crippen LogP contribution in [-0.2, 0) is 14.6 Å². The molecule has 0 aromatic heterocycles. The lowest BCUT2D eigenvalue weighted by Gasteiger charge is -2.23. The molecular formula is C8H13Br2NO4S. The van der Waals surface area contributed by atoms with Gasteiger partial charge in [-0.1, -0.05) is 31.9 Å². The number of carbonyl (C=O) groups excluding carboxylic acids is 1. The average Bonchev–Trinajstić information content (AvgIpc) is 2.37. The van der Waals surface area contributed by atoms with Gasteiger partial charge >= 0.3 is 6.09 Å². The lowest BCUT2D eigenvalue weighted by molar-refractivity contribution is 0.142. The van der Waals surface area contributed by atoms with Crippen molar-refractivity contribution in [2.24, 2.45) is 0 Å². The molecule has 0 aromatic carbocycles. The molecule has 1 rings (SSSR count). The Bertz CT molecular complexity index is 370. The van der Waals surface area contributed by atoms with Crippen molar-refractivity contribution in [3.8, 4) is 0 Å². The van der Waals surface area contributed by atoms with Gasteiger partial charge in [-0.05, 0) is 13.3 Å². The predicted molar refractivity (Wildman–Crippen MR) is 67.8 cm³/mol. The smallest absolute Gasteiger partial charge is 0.407 e. The molecule has 5 nitrogen and oxygen atoms in total. The van der Waals surface area contributed by atoms with E-state index in [-0.39, 0.29) is 21.8 Å². The quantitative estimate of drug-likeness (QED) is 0.753. The summed E-state index contributed by atoms with van der Waals surface area (Å²) in [6.07, 6.45) is -0.167. The van der Waals surface area contributed by atoms with E-state index in [1.807, 2.05) is 0 Å². The first-order valence-corrected chi connectivity index (χ1v) is 8.31. The minimum Gasteiger partial charge on any atom is -0.447 e. The average molecular weight is 379 g/mol. The van der Waals surface area contributed by atoms with E-state index >= 15 is 0 Å². The van der Waals surface area contributed by atoms with Gasteiger partial charge in [-0.3, -0.25) is 0 Å². The van der Waals surface area contributed by atoms with Crippen molar-refractivity contribution in [3.05, 3.63) is 0 Å². The molecule has 0 unspecified atom stereocenters. The first-order chi connectivity index (χ1) is 7.22. The van der Waals surface area contributed by atoms with E-state index in [9.17, 15) is 13.2 Å². The van der Waals surface area contributed by atoms with Gasteiger partial charge in [-0.15, -0.1) is 0 Å². The Morgan fingerprint density at radius 3 is 2.62 bits per heavy atom. The van der Waals surface area contributed by atoms with Crippen LogP contribution >= 0.6 is 31.9 Å². The highest BCUT2D eigenvalue weighted by molar-refractivity contribution is 9.24. The summed E-state index contributed by atoms with van der Waals surface area (Å²) in [4.78, 5) is 11.3. The SMILES string of the molecule is C[C@@]1(NC(=O)OCC(Br)Br)CCS(=O)(=O)C1. The van der Waals surface area contributed by atoms with Gasteiger partial charge in [0.15, 0.2) is 9.84 Å². The molecule has 94 valence electrons. The van der Waals surface area contributed by atoms with Crippen molar-refractivity contribution in [1.82, 2.24) is 5.32 Å². The number of alkyl carbamates (subject to hydrolysis) is 1. The third-order valence-corrected chi connectivity index (χ3v) is 4.68. The lowest BCUT2D eigenvalue weighted by atomic mass is 10.0. The van der Waals surface area contributed by atoms with Gasteiger partial charge in [0.25, 0.3) is 0 Å². The number of hydrogen-bond acceptors (Lipinski definition) is 4. The summed E-state index contributed by atoms with van der Waals surface area (Å²) in [6.45, 7) is 1.88. The molecule has 1 amide bonds. The Balaban J connectivity index is 2.45. The van der Waals surface area contributed by atoms with Crippen LogP contribution in [0.4, 0.5) is 4.79 Å². The standard InChI is InChI=1S/C8H13Br2NO4S/c1-8(2-3-16(13,14)5-8)11-7(12)15-4-6(9)10/h6H,2-5H2,1H3,(H,11,12)/t8-/m1/s1. The third kappa shape index (κ3) is 4.58. The van der Waals surface area contributed by atoms with Crippen LogP contribution in [0.25, 0.3) is 0 Å². The summed E-state index contributed by atoms with van der Waals surface area (Å²) >= 11 is 6.33. The molecule has 8 heteroatoms. The van der Waals surface area contributed by atoms with Gasteiger partial charge in [0.2, 0.25) is 0 Å². The number of amides is 1. The molecule has 0 aliphatic carbocycles. The van der Waals surface area contributed by atoms with Crippen LogP contribution in [-0.4, -0.2) is 41.9 Å². The number of halogens is 2. The first-order valence-electron chi connectivity index (χ1n) is 4.66. The minimum absolute atomic E-state index is 0.0266. The zero-order valence-electron chi connectivity index (χ0n) is 8.70. The Hall–Kier alpha value is 0.180. The Labute approximate surface area is 111 Å². The third-order valence-electron chi connectivity index (χ3n) is 2.25. The summed E-state index contributed by atoms with van der Waals surface area (Å²) in [5.41, 5.74) is -0.704. The summed E-state index contributed by atoms with van der Waals surface area (Å²) in [7, 11) is -3.02. The van der Waals surface area contributed by atoms with E-state index in [1.165, 1.54) is 0 Å². The van der Waals surface area contributed by atoms with E-state index in [1.54, 1.807) is 6.92 Å². The Kier molecular flexibility index (Phi) is 4.65. The molecule has 0 bridgehead atoms. The highest BCUT2D eigenvalue weighted by Crippen LogP contribution is 2.22. The maximum Gasteiger partial charge on any atom is 0.407 e. The molecule has 1 aliphatic heterocycles. The topological polar surface area (TPSA) is 72.5 Å². The van der Waals surface area contributed by atoms with Crippen LogP contribution in [0.1, 0.15) is 13.3 Å². The van der Waals surface area contributed by atoms with Gasteiger partial charge in [0.1, 0.15) is 10.3 Å². The number of hydrogen-bond donors (Lipinski definition) is 1. The largest absolute Gasteiger partial charge is 0.447 e. The zero-order valence-corrected chi connectivity index (χ0v) is 12.7. The van der Waals surface area contributed by atoms with E-state index < -0.39 is 21.5 Å². The van der Waals surface area contributed by atoms with E-state index in [0.29, 0.717) is 6.42 Å². The normalized spacial score (nSPS) is 28.0. The Morgan fingerprint density at radius 2 is 2.19 bits per heavy atom. The van der Waals surface area contributed by atoms with Crippen LogP contribution < -0.4 is 5.32 Å². The number of alkyl halides is 2. The highest BCUT2D eigenvalue weighted by atomic mass is 79.9. The molecule has 0 spiro atoms. The molecular weight excluding hydrogens is 366 g/mol. The van der Waals surface area contributed by atoms with Crippen molar-refractivity contribution < 1.29 is 17.9 Å². The Morgan fingerprint density at radius 1 is 1.56 bits per heavy atom. The fourth-order valence-corrected chi connectivity index (χ4v) is 3.89. The van der Waals surface area contributed by atoms with Crippen LogP contribution in [0.2, 0.25) is 0 Å². The monoisotopic (exact) mass is 377 g/mol. The summed E-state index contributed by atoms with van der Waals surface area (Å²) in [5.74, 6) is 0.0877. The van der Waals surface area contributed by atoms with E-state index in [0.717, 1.165) is 0 Å². The van der Waals surface area contributed by atoms with Crippen LogP contribution in [0, 0.1) is 0 Å². The van der Waals surface area contributed by atoms with Crippen molar-refractivity contribution in [3.63, 3.8) is 0 Å². The van der Waals surface area contributed by atoms with Gasteiger partial charge in [-0.2, -0.15) is 0 Å². The number of carbonyl (C=O) groups is 1. The molecule has 1 atom stereocenters. The minimum atomic E-state index is -3.02. The molecule has 1 N–H and O–H groups in total. The molecule has 0 saturated carbocycles. The zero-order chi connectivity index (χ0) is 12.4. The second-order valence-corrected chi connectivity index (χ2v) is 9.64. The summed E-state index contributed by atoms with van der Waals surface area (Å²) < 4.78 is 27.3. The predicted octanol–water partition coefficient (Wildman–Crippen LogP) is 1.41. The van der Waals surface area contributed by atoms with Gasteiger partial charge in [0, 0.05) is 0 Å². The number of sulfone groups is 1. The van der Waals surface area contributed by atoms with Crippen LogP contribution in [0.15, 0.2) is 0 Å². The van der Waals surface area contributed by atoms with Crippen molar-refractivity contribution in [2.75, 3.05) is 18.1 Å². The molecule has 1 saturated heterocycles. The number of nitrogens with one attached hydrogen (secondary N) is 1. The summed E-state index contributed by atoms with van der Waals surface area (Å²) in [5, 5.41) is 2.58. The molecule has 1 aliphatic rings. The maximum atomic E-state index is 11.3. The van der Waals surface area contributed by atoms with Gasteiger partial charge in [0.05, 0.1) is 17.0 Å². The second kappa shape index (κ2) is 5.22. The fraction of sp³-hybridized carbons (Fsp3) is 0.875. The molecule has 1 fully saturated rings. The van der Waals surface area contributed by atoms with Crippen molar-refractivity contribution in [2.45, 2.75) is 22.6 Å². The number of rotatable bonds is 3. The van der Waals surface area contributed by atoms with E-state index in [4.69, 9.17) is 4.74 Å². The molecule has 16 heavy (non-hydrogen) atoms. The molecule has 0 radical (unpaired) electrons. The summed E-state index contributed by atoms with van der Waals surface area (Å²) in [6, 6.07) is 0. The highest BCUT2D eigenvalue weighted by Gasteiger charge is 2.39. The van der Waals surface area contributed by atoms with E-state index in [2.05, 4.69) is 37.2 Å². The molecule has 0 aromatic rings. The lowest BCUT2D eigenvalue weighted by Crippen LogP contribution is -2.47. The second-order valence-electron chi connectivity index (χ2n) is 4.02.